The van der Waals surface area contributed by atoms with Crippen LogP contribution in [0.3, 0.4) is 0 Å². The molecule has 576 valence electrons. The molecule has 0 saturated carbocycles. The molecule has 42 heteroatoms. The Labute approximate surface area is 613 Å². The second-order valence-electron chi connectivity index (χ2n) is 24.9. The van der Waals surface area contributed by atoms with E-state index < -0.39 is 127 Å². The monoisotopic (exact) mass is 1540 g/mol. The van der Waals surface area contributed by atoms with Crippen LogP contribution in [-0.2, 0) is 78.3 Å². The molecule has 3 fully saturated rings. The lowest BCUT2D eigenvalue weighted by Crippen LogP contribution is -2.42. The van der Waals surface area contributed by atoms with E-state index in [1.807, 2.05) is 44.2 Å². The summed E-state index contributed by atoms with van der Waals surface area (Å²) in [6.45, 7) is 12.4. The van der Waals surface area contributed by atoms with Crippen molar-refractivity contribution < 1.29 is 84.5 Å². The van der Waals surface area contributed by atoms with Crippen LogP contribution in [0.2, 0.25) is 0 Å². The maximum atomic E-state index is 13.0. The molecule has 0 spiro atoms. The number of imidazole rings is 3. The SMILES string of the molecule is CCNC(=O)[C@H]1O[C@@H](n2cnc3c(NC)nc(CNS(=O)(=O)C(C)C)nc32)[C@H](O)[C@@H]1O.CCNC(=O)[C@H]1O[C@@H](n2cnc3c(NC)nc(CNS(=O)(=O)c4ccc(-c5ccccc5)cc4)nc32)[C@H](O)[C@@H]1O.CCNC(=O)[C@H]1O[C@@H](n2cnc3c(NC)nc(CNS(=O)(=O)c4ccc(C)c(C)c4)nc32)[C@H](O)[C@@H]1O. The minimum Gasteiger partial charge on any atom is -0.387 e. The fourth-order valence-corrected chi connectivity index (χ4v) is 14.2. The Morgan fingerprint density at radius 1 is 0.449 bits per heavy atom. The number of benzene rings is 3. The smallest absolute Gasteiger partial charge is 0.252 e. The van der Waals surface area contributed by atoms with Crippen LogP contribution in [-0.4, -0.2) is 233 Å². The van der Waals surface area contributed by atoms with E-state index in [9.17, 15) is 70.3 Å². The Balaban J connectivity index is 0.000000173. The first kappa shape index (κ1) is 80.0. The van der Waals surface area contributed by atoms with Crippen LogP contribution in [0.25, 0.3) is 44.6 Å². The van der Waals surface area contributed by atoms with Crippen LogP contribution < -0.4 is 46.1 Å². The van der Waals surface area contributed by atoms with E-state index >= 15 is 0 Å². The van der Waals surface area contributed by atoms with Crippen LogP contribution in [0.5, 0.6) is 0 Å². The second-order valence-corrected chi connectivity index (χ2v) is 30.7. The molecule has 39 nitrogen and oxygen atoms in total. The average molecular weight is 1540 g/mol. The highest BCUT2D eigenvalue weighted by Gasteiger charge is 2.50. The lowest BCUT2D eigenvalue weighted by atomic mass is 10.1. The van der Waals surface area contributed by atoms with Gasteiger partial charge in [0.25, 0.3) is 17.7 Å². The molecular weight excluding hydrogens is 1460 g/mol. The minimum atomic E-state index is -3.90. The first-order valence-corrected chi connectivity index (χ1v) is 38.2. The molecule has 6 aromatic heterocycles. The Hall–Kier alpha value is -9.51. The molecule has 15 N–H and O–H groups in total. The van der Waals surface area contributed by atoms with Gasteiger partial charge in [0.05, 0.1) is 53.7 Å². The average Bonchev–Trinajstić information content (AvgIpc) is 1.63. The number of nitrogens with zero attached hydrogens (tertiary/aromatic N) is 12. The van der Waals surface area contributed by atoms with Gasteiger partial charge in [0.2, 0.25) is 30.1 Å². The van der Waals surface area contributed by atoms with E-state index in [-0.39, 0.29) is 63.8 Å². The van der Waals surface area contributed by atoms with E-state index in [0.717, 1.165) is 22.3 Å². The van der Waals surface area contributed by atoms with E-state index in [1.165, 1.54) is 50.9 Å². The van der Waals surface area contributed by atoms with Gasteiger partial charge in [-0.1, -0.05) is 48.5 Å². The molecule has 12 rings (SSSR count). The van der Waals surface area contributed by atoms with Crippen molar-refractivity contribution in [1.29, 1.82) is 0 Å². The topological polar surface area (TPSA) is 542 Å². The molecule has 3 aromatic carbocycles. The quantitative estimate of drug-likeness (QED) is 0.0324. The number of aromatic nitrogens is 12. The highest BCUT2D eigenvalue weighted by Crippen LogP contribution is 2.37. The first-order valence-electron chi connectivity index (χ1n) is 33.7. The van der Waals surface area contributed by atoms with Gasteiger partial charge in [-0.15, -0.1) is 0 Å². The zero-order valence-corrected chi connectivity index (χ0v) is 62.0. The van der Waals surface area contributed by atoms with Gasteiger partial charge in [-0.3, -0.25) is 28.1 Å². The van der Waals surface area contributed by atoms with Gasteiger partial charge in [0.15, 0.2) is 87.9 Å². The fourth-order valence-electron chi connectivity index (χ4n) is 11.5. The summed E-state index contributed by atoms with van der Waals surface area (Å²) in [7, 11) is -6.40. The molecule has 3 aliphatic rings. The molecule has 0 bridgehead atoms. The van der Waals surface area contributed by atoms with Crippen LogP contribution in [0, 0.1) is 13.8 Å². The number of rotatable bonds is 25. The Kier molecular flexibility index (Phi) is 25.2. The van der Waals surface area contributed by atoms with Gasteiger partial charge in [0.1, 0.15) is 54.1 Å². The summed E-state index contributed by atoms with van der Waals surface area (Å²) in [5.41, 5.74) is 5.38. The highest BCUT2D eigenvalue weighted by atomic mass is 32.2. The van der Waals surface area contributed by atoms with Gasteiger partial charge in [0, 0.05) is 40.8 Å². The fraction of sp³-hybridized carbons (Fsp3) is 0.446. The number of aliphatic hydroxyl groups is 6. The molecule has 107 heavy (non-hydrogen) atoms. The number of amides is 3. The predicted octanol–water partition coefficient (Wildman–Crippen LogP) is -1.06. The number of hydrogen-bond donors (Lipinski definition) is 15. The van der Waals surface area contributed by atoms with Crippen molar-refractivity contribution >= 4 is 98.7 Å². The maximum absolute atomic E-state index is 13.0. The summed E-state index contributed by atoms with van der Waals surface area (Å²) < 4.78 is 104. The van der Waals surface area contributed by atoms with Crippen LogP contribution in [0.1, 0.15) is 81.9 Å². The first-order chi connectivity index (χ1) is 50.9. The van der Waals surface area contributed by atoms with Crippen molar-refractivity contribution in [1.82, 2.24) is 88.7 Å². The predicted molar refractivity (Wildman–Crippen MR) is 385 cm³/mol. The summed E-state index contributed by atoms with van der Waals surface area (Å²) in [6.07, 6.45) is -11.9. The number of likely N-dealkylation sites (N-methyl/N-ethyl adjacent to an activating group) is 3. The van der Waals surface area contributed by atoms with Crippen molar-refractivity contribution in [3.8, 4) is 11.1 Å². The molecule has 3 amide bonds. The van der Waals surface area contributed by atoms with Gasteiger partial charge in [-0.05, 0) is 95.0 Å². The lowest BCUT2D eigenvalue weighted by molar-refractivity contribution is -0.138. The molecular formula is C65H85N21O18S3. The summed E-state index contributed by atoms with van der Waals surface area (Å²) >= 11 is 0. The van der Waals surface area contributed by atoms with E-state index in [1.54, 1.807) is 80.0 Å². The van der Waals surface area contributed by atoms with Crippen molar-refractivity contribution in [2.24, 2.45) is 0 Å². The van der Waals surface area contributed by atoms with Crippen LogP contribution in [0.15, 0.2) is 102 Å². The zero-order valence-electron chi connectivity index (χ0n) is 59.6. The molecule has 0 unspecified atom stereocenters. The van der Waals surface area contributed by atoms with E-state index in [0.29, 0.717) is 53.6 Å². The molecule has 0 aliphatic carbocycles. The summed E-state index contributed by atoms with van der Waals surface area (Å²) in [4.78, 5) is 75.9. The number of carbonyl (C=O) groups excluding carboxylic acids is 3. The minimum absolute atomic E-state index is 0.0833. The number of anilines is 3. The van der Waals surface area contributed by atoms with Gasteiger partial charge < -0.3 is 76.8 Å². The maximum Gasteiger partial charge on any atom is 0.252 e. The number of fused-ring (bicyclic) bond motifs is 3. The lowest BCUT2D eigenvalue weighted by Gasteiger charge is -2.17. The number of aryl methyl sites for hydroxylation is 2. The van der Waals surface area contributed by atoms with E-state index in [4.69, 9.17) is 14.2 Å². The molecule has 3 saturated heterocycles. The summed E-state index contributed by atoms with van der Waals surface area (Å²) in [5.74, 6) is -0.250. The van der Waals surface area contributed by atoms with Crippen molar-refractivity contribution in [3.05, 3.63) is 120 Å². The number of carbonyl (C=O) groups is 3. The third-order valence-electron chi connectivity index (χ3n) is 17.4. The Morgan fingerprint density at radius 3 is 1.12 bits per heavy atom. The number of ether oxygens (including phenoxy) is 3. The van der Waals surface area contributed by atoms with Crippen molar-refractivity contribution in [3.63, 3.8) is 0 Å². The van der Waals surface area contributed by atoms with Gasteiger partial charge in [-0.25, -0.2) is 84.3 Å². The molecule has 9 heterocycles. The third kappa shape index (κ3) is 17.2. The summed E-state index contributed by atoms with van der Waals surface area (Å²) in [5, 5.41) is 78.5. The van der Waals surface area contributed by atoms with Crippen molar-refractivity contribution in [2.45, 2.75) is 157 Å². The standard InChI is InChI=1S/C26H29N7O6S.C22H29N7O6S.C17H27N7O6S/c1-3-28-25(36)22-20(34)21(35)26(39-22)33-14-29-19-23(27-2)31-18(32-24(19)33)13-30-40(37,38)17-11-9-16(10-12-17)15-7-5-4-6-8-15;1-5-24-21(32)18-16(30)17(31)22(35-18)29-10-25-15-19(23-4)27-14(28-20(15)29)9-26-36(33,34)13-7-6-11(2)12(3)8-13;1-5-19-16(27)13-11(25)12(26)17(30-13)24-7-20-10-14(18-4)22-9(23-15(10)24)6-21-31(28,29)8(2)3/h4-12,14,20-22,26,30,34-35H,3,13H2,1-2H3,(H,28,36)(H,27,31,32);6-8,10,16-18,22,26,30-31H,5,9H2,1-4H3,(H,24,32)(H,23,27,28);7-8,11-13,17,21,25-26H,5-6H2,1-4H3,(H,19,27)(H,18,22,23)/t20-,21+,22-,26+;16-,17+,18-,22+;11-,12+,13-,17+/m000/s1. The van der Waals surface area contributed by atoms with Crippen LogP contribution >= 0.6 is 0 Å². The molecule has 3 aliphatic heterocycles. The summed E-state index contributed by atoms with van der Waals surface area (Å²) in [6, 6.07) is 21.0. The zero-order chi connectivity index (χ0) is 77.6. The highest BCUT2D eigenvalue weighted by molar-refractivity contribution is 7.90. The second kappa shape index (κ2) is 33.7. The normalized spacial score (nSPS) is 22.3. The van der Waals surface area contributed by atoms with Crippen LogP contribution in [0.4, 0.5) is 17.5 Å². The molecule has 12 atom stereocenters. The molecule has 0 radical (unpaired) electrons. The Morgan fingerprint density at radius 2 is 0.785 bits per heavy atom. The number of sulfonamides is 3. The van der Waals surface area contributed by atoms with Crippen molar-refractivity contribution in [2.75, 3.05) is 56.7 Å². The third-order valence-corrected chi connectivity index (χ3v) is 22.0. The van der Waals surface area contributed by atoms with Gasteiger partial charge in [-0.2, -0.15) is 0 Å². The number of nitrogens with one attached hydrogen (secondary N) is 9. The van der Waals surface area contributed by atoms with Gasteiger partial charge >= 0.3 is 0 Å². The van der Waals surface area contributed by atoms with E-state index in [2.05, 4.69) is 90.9 Å². The Bertz CT molecular complexity index is 5040. The largest absolute Gasteiger partial charge is 0.387 e. The molecule has 9 aromatic rings. The number of hydrogen-bond acceptors (Lipinski definition) is 30. The number of aliphatic hydroxyl groups excluding tert-OH is 6.